The van der Waals surface area contributed by atoms with Gasteiger partial charge in [0.2, 0.25) is 5.91 Å². The van der Waals surface area contributed by atoms with Gasteiger partial charge < -0.3 is 5.32 Å². The van der Waals surface area contributed by atoms with Crippen molar-refractivity contribution in [3.05, 3.63) is 29.8 Å². The fourth-order valence-corrected chi connectivity index (χ4v) is 2.14. The smallest absolute Gasteiger partial charge is 0.224 e. The molecule has 1 aliphatic carbocycles. The molecule has 2 rings (SSSR count). The highest BCUT2D eigenvalue weighted by Gasteiger charge is 2.24. The lowest BCUT2D eigenvalue weighted by Gasteiger charge is -2.12. The second kappa shape index (κ2) is 5.00. The highest BCUT2D eigenvalue weighted by molar-refractivity contribution is 9.09. The first-order chi connectivity index (χ1) is 7.66. The van der Waals surface area contributed by atoms with E-state index in [0.29, 0.717) is 12.3 Å². The lowest BCUT2D eigenvalue weighted by atomic mass is 10.1. The summed E-state index contributed by atoms with van der Waals surface area (Å²) < 4.78 is 0. The molecule has 0 heterocycles. The molecule has 3 heteroatoms. The maximum atomic E-state index is 11.7. The van der Waals surface area contributed by atoms with Crippen molar-refractivity contribution < 1.29 is 4.79 Å². The first-order valence-electron chi connectivity index (χ1n) is 5.69. The quantitative estimate of drug-likeness (QED) is 0.834. The van der Waals surface area contributed by atoms with Gasteiger partial charge in [0, 0.05) is 16.9 Å². The van der Waals surface area contributed by atoms with Gasteiger partial charge in [-0.2, -0.15) is 0 Å². The number of rotatable bonds is 4. The minimum Gasteiger partial charge on any atom is -0.326 e. The number of anilines is 1. The van der Waals surface area contributed by atoms with Crippen molar-refractivity contribution >= 4 is 27.5 Å². The molecule has 1 N–H and O–H groups in total. The van der Waals surface area contributed by atoms with Crippen LogP contribution in [0.3, 0.4) is 0 Å². The van der Waals surface area contributed by atoms with Crippen LogP contribution in [-0.2, 0) is 4.79 Å². The molecule has 1 aromatic rings. The number of para-hydroxylation sites is 1. The van der Waals surface area contributed by atoms with E-state index in [0.717, 1.165) is 11.3 Å². The molecule has 1 fully saturated rings. The normalized spacial score (nSPS) is 16.9. The van der Waals surface area contributed by atoms with Crippen LogP contribution in [0.5, 0.6) is 0 Å². The molecule has 1 amide bonds. The minimum absolute atomic E-state index is 0.142. The van der Waals surface area contributed by atoms with E-state index in [2.05, 4.69) is 28.2 Å². The molecular weight excluding hydrogens is 266 g/mol. The van der Waals surface area contributed by atoms with Crippen LogP contribution >= 0.6 is 15.9 Å². The van der Waals surface area contributed by atoms with Crippen molar-refractivity contribution in [2.24, 2.45) is 5.92 Å². The predicted octanol–water partition coefficient (Wildman–Crippen LogP) is 3.88. The maximum absolute atomic E-state index is 11.7. The van der Waals surface area contributed by atoms with Gasteiger partial charge in [-0.1, -0.05) is 34.1 Å². The molecule has 16 heavy (non-hydrogen) atoms. The van der Waals surface area contributed by atoms with E-state index in [1.165, 1.54) is 12.8 Å². The Morgan fingerprint density at radius 3 is 2.81 bits per heavy atom. The third kappa shape index (κ3) is 3.08. The van der Waals surface area contributed by atoms with Crippen molar-refractivity contribution in [3.63, 3.8) is 0 Å². The molecule has 1 aliphatic rings. The van der Waals surface area contributed by atoms with E-state index in [9.17, 15) is 4.79 Å². The van der Waals surface area contributed by atoms with Crippen LogP contribution in [-0.4, -0.2) is 5.91 Å². The number of alkyl halides is 1. The summed E-state index contributed by atoms with van der Waals surface area (Å²) in [6.07, 6.45) is 3.10. The van der Waals surface area contributed by atoms with Gasteiger partial charge in [-0.25, -0.2) is 0 Å². The summed E-state index contributed by atoms with van der Waals surface area (Å²) >= 11 is 3.54. The van der Waals surface area contributed by atoms with Crippen molar-refractivity contribution in [3.8, 4) is 0 Å². The van der Waals surface area contributed by atoms with Gasteiger partial charge in [0.25, 0.3) is 0 Å². The van der Waals surface area contributed by atoms with Crippen molar-refractivity contribution in [1.29, 1.82) is 0 Å². The van der Waals surface area contributed by atoms with Gasteiger partial charge in [0.15, 0.2) is 0 Å². The van der Waals surface area contributed by atoms with E-state index in [4.69, 9.17) is 0 Å². The van der Waals surface area contributed by atoms with Crippen LogP contribution in [0.2, 0.25) is 0 Å². The SMILES string of the molecule is CC(Br)c1ccccc1NC(=O)CC1CC1. The molecule has 0 aromatic heterocycles. The molecule has 0 spiro atoms. The Hall–Kier alpha value is -0.830. The Labute approximate surface area is 105 Å². The molecule has 86 valence electrons. The third-order valence-corrected chi connectivity index (χ3v) is 3.33. The van der Waals surface area contributed by atoms with Gasteiger partial charge in [-0.3, -0.25) is 4.79 Å². The number of carbonyl (C=O) groups is 1. The minimum atomic E-state index is 0.142. The summed E-state index contributed by atoms with van der Waals surface area (Å²) in [5.41, 5.74) is 2.06. The summed E-state index contributed by atoms with van der Waals surface area (Å²) in [6, 6.07) is 7.93. The second-order valence-corrected chi connectivity index (χ2v) is 5.77. The molecule has 1 saturated carbocycles. The van der Waals surface area contributed by atoms with Crippen LogP contribution in [0.4, 0.5) is 5.69 Å². The average Bonchev–Trinajstić information content (AvgIpc) is 3.02. The van der Waals surface area contributed by atoms with Crippen molar-refractivity contribution in [1.82, 2.24) is 0 Å². The van der Waals surface area contributed by atoms with Gasteiger partial charge in [-0.05, 0) is 37.3 Å². The summed E-state index contributed by atoms with van der Waals surface area (Å²) in [7, 11) is 0. The highest BCUT2D eigenvalue weighted by Crippen LogP contribution is 2.33. The van der Waals surface area contributed by atoms with E-state index >= 15 is 0 Å². The number of amides is 1. The van der Waals surface area contributed by atoms with Crippen molar-refractivity contribution in [2.45, 2.75) is 31.0 Å². The number of hydrogen-bond donors (Lipinski definition) is 1. The zero-order chi connectivity index (χ0) is 11.5. The lowest BCUT2D eigenvalue weighted by Crippen LogP contribution is -2.13. The largest absolute Gasteiger partial charge is 0.326 e. The zero-order valence-corrected chi connectivity index (χ0v) is 11.0. The van der Waals surface area contributed by atoms with Gasteiger partial charge in [0.1, 0.15) is 0 Å². The molecule has 0 bridgehead atoms. The maximum Gasteiger partial charge on any atom is 0.224 e. The lowest BCUT2D eigenvalue weighted by molar-refractivity contribution is -0.116. The molecule has 1 atom stereocenters. The molecule has 1 aromatic carbocycles. The van der Waals surface area contributed by atoms with Crippen LogP contribution in [0.25, 0.3) is 0 Å². The fourth-order valence-electron chi connectivity index (χ4n) is 1.74. The predicted molar refractivity (Wildman–Crippen MR) is 69.8 cm³/mol. The van der Waals surface area contributed by atoms with Crippen LogP contribution in [0.1, 0.15) is 36.6 Å². The standard InChI is InChI=1S/C13H16BrNO/c1-9(14)11-4-2-3-5-12(11)15-13(16)8-10-6-7-10/h2-5,9-10H,6-8H2,1H3,(H,15,16). The zero-order valence-electron chi connectivity index (χ0n) is 9.37. The van der Waals surface area contributed by atoms with Gasteiger partial charge in [-0.15, -0.1) is 0 Å². The first kappa shape index (κ1) is 11.6. The highest BCUT2D eigenvalue weighted by atomic mass is 79.9. The number of benzene rings is 1. The summed E-state index contributed by atoms with van der Waals surface area (Å²) in [6.45, 7) is 2.06. The Kier molecular flexibility index (Phi) is 3.64. The average molecular weight is 282 g/mol. The van der Waals surface area contributed by atoms with Crippen LogP contribution < -0.4 is 5.32 Å². The van der Waals surface area contributed by atoms with E-state index < -0.39 is 0 Å². The summed E-state index contributed by atoms with van der Waals surface area (Å²) in [5.74, 6) is 0.775. The molecule has 0 radical (unpaired) electrons. The molecule has 0 saturated heterocycles. The van der Waals surface area contributed by atoms with Gasteiger partial charge >= 0.3 is 0 Å². The third-order valence-electron chi connectivity index (χ3n) is 2.83. The molecule has 2 nitrogen and oxygen atoms in total. The van der Waals surface area contributed by atoms with Crippen molar-refractivity contribution in [2.75, 3.05) is 5.32 Å². The van der Waals surface area contributed by atoms with E-state index in [-0.39, 0.29) is 10.7 Å². The summed E-state index contributed by atoms with van der Waals surface area (Å²) in [5, 5.41) is 2.99. The molecular formula is C13H16BrNO. The topological polar surface area (TPSA) is 29.1 Å². The first-order valence-corrected chi connectivity index (χ1v) is 6.61. The monoisotopic (exact) mass is 281 g/mol. The Balaban J connectivity index is 2.04. The number of halogens is 1. The fraction of sp³-hybridized carbons (Fsp3) is 0.462. The second-order valence-electron chi connectivity index (χ2n) is 4.40. The number of carbonyl (C=O) groups excluding carboxylic acids is 1. The van der Waals surface area contributed by atoms with Crippen LogP contribution in [0, 0.1) is 5.92 Å². The van der Waals surface area contributed by atoms with Gasteiger partial charge in [0.05, 0.1) is 0 Å². The summed E-state index contributed by atoms with van der Waals surface area (Å²) in [4.78, 5) is 12.0. The Morgan fingerprint density at radius 2 is 2.19 bits per heavy atom. The Morgan fingerprint density at radius 1 is 1.50 bits per heavy atom. The van der Waals surface area contributed by atoms with E-state index in [1.807, 2.05) is 24.3 Å². The van der Waals surface area contributed by atoms with Crippen LogP contribution in [0.15, 0.2) is 24.3 Å². The molecule has 1 unspecified atom stereocenters. The van der Waals surface area contributed by atoms with E-state index in [1.54, 1.807) is 0 Å². The molecule has 0 aliphatic heterocycles. The Bertz CT molecular complexity index is 385. The number of hydrogen-bond acceptors (Lipinski definition) is 1. The number of nitrogens with one attached hydrogen (secondary N) is 1.